The second-order valence-electron chi connectivity index (χ2n) is 9.16. The molecule has 2 aromatic rings. The maximum Gasteiger partial charge on any atom is 0.241 e. The molecule has 3 amide bonds. The fraction of sp³-hybridized carbons (Fsp3) is 0.444. The smallest absolute Gasteiger partial charge is 0.241 e. The van der Waals surface area contributed by atoms with Crippen molar-refractivity contribution in [3.63, 3.8) is 0 Å². The van der Waals surface area contributed by atoms with Crippen LogP contribution in [0.4, 0.5) is 4.39 Å². The van der Waals surface area contributed by atoms with E-state index in [1.54, 1.807) is 11.0 Å². The van der Waals surface area contributed by atoms with Crippen LogP contribution < -0.4 is 0 Å². The van der Waals surface area contributed by atoms with E-state index in [1.807, 2.05) is 30.3 Å². The predicted octanol–water partition coefficient (Wildman–Crippen LogP) is 3.07. The van der Waals surface area contributed by atoms with Crippen molar-refractivity contribution >= 4 is 17.7 Å². The summed E-state index contributed by atoms with van der Waals surface area (Å²) in [6, 6.07) is 15.7. The lowest BCUT2D eigenvalue weighted by Crippen LogP contribution is -2.48. The van der Waals surface area contributed by atoms with Crippen molar-refractivity contribution in [1.82, 2.24) is 9.80 Å². The Kier molecular flexibility index (Phi) is 7.93. The Hall–Kier alpha value is -3.10. The maximum atomic E-state index is 14.9. The Bertz CT molecular complexity index is 1060. The molecule has 8 heteroatoms. The van der Waals surface area contributed by atoms with Crippen LogP contribution in [0.2, 0.25) is 0 Å². The van der Waals surface area contributed by atoms with Crippen LogP contribution in [0.25, 0.3) is 0 Å². The van der Waals surface area contributed by atoms with Gasteiger partial charge in [0, 0.05) is 38.6 Å². The number of amides is 3. The number of rotatable bonds is 9. The van der Waals surface area contributed by atoms with Crippen molar-refractivity contribution in [3.05, 3.63) is 71.5 Å². The molecule has 0 aromatic heterocycles. The molecule has 2 saturated heterocycles. The van der Waals surface area contributed by atoms with Crippen LogP contribution in [0, 0.1) is 5.82 Å². The Balaban J connectivity index is 1.51. The van der Waals surface area contributed by atoms with Crippen molar-refractivity contribution in [1.29, 1.82) is 0 Å². The van der Waals surface area contributed by atoms with Gasteiger partial charge in [-0.15, -0.1) is 0 Å². The molecule has 35 heavy (non-hydrogen) atoms. The summed E-state index contributed by atoms with van der Waals surface area (Å²) >= 11 is 0. The molecule has 0 aliphatic carbocycles. The molecule has 0 saturated carbocycles. The van der Waals surface area contributed by atoms with Crippen LogP contribution in [-0.4, -0.2) is 67.0 Å². The number of carbonyl (C=O) groups is 3. The number of carbonyl (C=O) groups excluding carboxylic acids is 3. The first-order chi connectivity index (χ1) is 16.9. The molecule has 2 aliphatic heterocycles. The lowest BCUT2D eigenvalue weighted by atomic mass is 9.75. The highest BCUT2D eigenvalue weighted by molar-refractivity contribution is 6.10. The third-order valence-corrected chi connectivity index (χ3v) is 6.83. The average molecular weight is 483 g/mol. The molecule has 2 heterocycles. The van der Waals surface area contributed by atoms with Gasteiger partial charge in [0.15, 0.2) is 0 Å². The first-order valence-electron chi connectivity index (χ1n) is 12.0. The molecule has 0 N–H and O–H groups in total. The zero-order chi connectivity index (χ0) is 24.8. The van der Waals surface area contributed by atoms with Crippen molar-refractivity contribution in [2.24, 2.45) is 0 Å². The molecule has 2 aliphatic rings. The lowest BCUT2D eigenvalue weighted by Gasteiger charge is -2.35. The normalized spacial score (nSPS) is 22.6. The highest BCUT2D eigenvalue weighted by Gasteiger charge is 2.55. The summed E-state index contributed by atoms with van der Waals surface area (Å²) in [6.45, 7) is 1.62. The van der Waals surface area contributed by atoms with Gasteiger partial charge < -0.3 is 14.4 Å². The second-order valence-corrected chi connectivity index (χ2v) is 9.16. The second kappa shape index (κ2) is 11.1. The molecule has 2 aromatic carbocycles. The summed E-state index contributed by atoms with van der Waals surface area (Å²) in [5.74, 6) is -1.86. The van der Waals surface area contributed by atoms with Gasteiger partial charge in [-0.05, 0) is 24.5 Å². The minimum Gasteiger partial charge on any atom is -0.383 e. The molecule has 0 bridgehead atoms. The van der Waals surface area contributed by atoms with Gasteiger partial charge in [0.05, 0.1) is 31.3 Å². The summed E-state index contributed by atoms with van der Waals surface area (Å²) in [7, 11) is 1.48. The minimum atomic E-state index is -1.56. The van der Waals surface area contributed by atoms with E-state index < -0.39 is 23.0 Å². The summed E-state index contributed by atoms with van der Waals surface area (Å²) in [5.41, 5.74) is -0.424. The number of imide groups is 1. The van der Waals surface area contributed by atoms with Crippen molar-refractivity contribution < 1.29 is 28.2 Å². The van der Waals surface area contributed by atoms with E-state index in [0.717, 1.165) is 23.3 Å². The highest BCUT2D eigenvalue weighted by Crippen LogP contribution is 2.41. The van der Waals surface area contributed by atoms with Crippen molar-refractivity contribution in [2.75, 3.05) is 33.4 Å². The average Bonchev–Trinajstić information content (AvgIpc) is 3.11. The lowest BCUT2D eigenvalue weighted by molar-refractivity contribution is -0.144. The number of ether oxygens (including phenoxy) is 2. The SMILES string of the molecule is COCCN1C(=O)CC(CC(=O)N2CCCC(OCc3ccccc3)C2)(c2ccccc2F)C1=O. The van der Waals surface area contributed by atoms with Crippen LogP contribution in [0.1, 0.15) is 36.8 Å². The molecule has 0 spiro atoms. The number of piperidine rings is 1. The van der Waals surface area contributed by atoms with Crippen molar-refractivity contribution in [2.45, 2.75) is 43.8 Å². The fourth-order valence-corrected chi connectivity index (χ4v) is 4.96. The summed E-state index contributed by atoms with van der Waals surface area (Å²) in [6.07, 6.45) is 0.954. The van der Waals surface area contributed by atoms with Gasteiger partial charge in [-0.3, -0.25) is 19.3 Å². The van der Waals surface area contributed by atoms with E-state index in [-0.39, 0.29) is 43.6 Å². The van der Waals surface area contributed by atoms with Gasteiger partial charge in [-0.1, -0.05) is 48.5 Å². The van der Waals surface area contributed by atoms with Crippen LogP contribution in [0.15, 0.2) is 54.6 Å². The van der Waals surface area contributed by atoms with E-state index in [2.05, 4.69) is 0 Å². The third-order valence-electron chi connectivity index (χ3n) is 6.83. The van der Waals surface area contributed by atoms with Gasteiger partial charge in [-0.25, -0.2) is 4.39 Å². The fourth-order valence-electron chi connectivity index (χ4n) is 4.96. The topological polar surface area (TPSA) is 76.2 Å². The molecule has 4 rings (SSSR count). The van der Waals surface area contributed by atoms with E-state index >= 15 is 0 Å². The monoisotopic (exact) mass is 482 g/mol. The molecular formula is C27H31FN2O5. The van der Waals surface area contributed by atoms with Crippen LogP contribution in [-0.2, 0) is 35.9 Å². The van der Waals surface area contributed by atoms with E-state index in [9.17, 15) is 18.8 Å². The van der Waals surface area contributed by atoms with Crippen LogP contribution in [0.3, 0.4) is 0 Å². The van der Waals surface area contributed by atoms with Gasteiger partial charge in [0.2, 0.25) is 17.7 Å². The Morgan fingerprint density at radius 3 is 2.60 bits per heavy atom. The molecule has 0 radical (unpaired) electrons. The number of likely N-dealkylation sites (tertiary alicyclic amines) is 2. The number of halogens is 1. The van der Waals surface area contributed by atoms with Gasteiger partial charge >= 0.3 is 0 Å². The van der Waals surface area contributed by atoms with Gasteiger partial charge in [-0.2, -0.15) is 0 Å². The Morgan fingerprint density at radius 1 is 1.11 bits per heavy atom. The number of nitrogens with zero attached hydrogens (tertiary/aromatic N) is 2. The van der Waals surface area contributed by atoms with E-state index in [4.69, 9.17) is 9.47 Å². The zero-order valence-electron chi connectivity index (χ0n) is 20.0. The Morgan fingerprint density at radius 2 is 1.86 bits per heavy atom. The van der Waals surface area contributed by atoms with Crippen LogP contribution in [0.5, 0.6) is 0 Å². The first-order valence-corrected chi connectivity index (χ1v) is 12.0. The van der Waals surface area contributed by atoms with Crippen LogP contribution >= 0.6 is 0 Å². The van der Waals surface area contributed by atoms with Gasteiger partial charge in [0.25, 0.3) is 0 Å². The summed E-state index contributed by atoms with van der Waals surface area (Å²) in [5, 5.41) is 0. The standard InChI is InChI=1S/C27H31FN2O5/c1-34-15-14-30-25(32)17-27(26(30)33,22-11-5-6-12-23(22)28)16-24(31)29-13-7-10-21(18-29)35-19-20-8-3-2-4-9-20/h2-6,8-9,11-12,21H,7,10,13-19H2,1H3. The molecule has 2 atom stereocenters. The molecule has 2 fully saturated rings. The Labute approximate surface area is 204 Å². The first kappa shape index (κ1) is 25.0. The highest BCUT2D eigenvalue weighted by atomic mass is 19.1. The summed E-state index contributed by atoms with van der Waals surface area (Å²) in [4.78, 5) is 42.6. The quantitative estimate of drug-likeness (QED) is 0.514. The van der Waals surface area contributed by atoms with Gasteiger partial charge in [0.1, 0.15) is 5.82 Å². The third kappa shape index (κ3) is 5.44. The molecule has 2 unspecified atom stereocenters. The van der Waals surface area contributed by atoms with E-state index in [1.165, 1.54) is 25.3 Å². The largest absolute Gasteiger partial charge is 0.383 e. The number of methoxy groups -OCH3 is 1. The number of benzene rings is 2. The van der Waals surface area contributed by atoms with Crippen molar-refractivity contribution in [3.8, 4) is 0 Å². The summed E-state index contributed by atoms with van der Waals surface area (Å²) < 4.78 is 26.0. The molecular weight excluding hydrogens is 451 g/mol. The maximum absolute atomic E-state index is 14.9. The number of hydrogen-bond donors (Lipinski definition) is 0. The number of hydrogen-bond acceptors (Lipinski definition) is 5. The molecule has 186 valence electrons. The molecule has 7 nitrogen and oxygen atoms in total. The zero-order valence-corrected chi connectivity index (χ0v) is 20.0. The van der Waals surface area contributed by atoms with E-state index in [0.29, 0.717) is 19.7 Å². The predicted molar refractivity (Wildman–Crippen MR) is 127 cm³/mol. The minimum absolute atomic E-state index is 0.0671.